The monoisotopic (exact) mass is 354 g/mol. The number of anilines is 1. The number of aryl methyl sites for hydroxylation is 1. The number of carbonyl (C=O) groups excluding carboxylic acids is 1. The Hall–Kier alpha value is -1.07. The predicted octanol–water partition coefficient (Wildman–Crippen LogP) is 3.19. The summed E-state index contributed by atoms with van der Waals surface area (Å²) in [6.07, 6.45) is 0.193. The summed E-state index contributed by atoms with van der Waals surface area (Å²) in [5.41, 5.74) is 2.11. The van der Waals surface area contributed by atoms with Crippen LogP contribution in [0.5, 0.6) is 0 Å². The van der Waals surface area contributed by atoms with Gasteiger partial charge in [0.1, 0.15) is 6.04 Å². The molecule has 21 heavy (non-hydrogen) atoms. The zero-order valence-corrected chi connectivity index (χ0v) is 14.6. The SMILES string of the molecule is Cc1cc(Br)ccc1N[C@H](C)C(=O)N1C[C@@H](C)O[C@@H](C)C1. The zero-order chi connectivity index (χ0) is 15.6. The van der Waals surface area contributed by atoms with Crippen LogP contribution in [-0.2, 0) is 9.53 Å². The highest BCUT2D eigenvalue weighted by molar-refractivity contribution is 9.10. The van der Waals surface area contributed by atoms with Crippen LogP contribution in [0.15, 0.2) is 22.7 Å². The van der Waals surface area contributed by atoms with E-state index in [1.165, 1.54) is 0 Å². The van der Waals surface area contributed by atoms with E-state index in [2.05, 4.69) is 21.2 Å². The minimum atomic E-state index is -0.248. The lowest BCUT2D eigenvalue weighted by atomic mass is 10.1. The maximum atomic E-state index is 12.6. The van der Waals surface area contributed by atoms with Crippen LogP contribution >= 0.6 is 15.9 Å². The van der Waals surface area contributed by atoms with Gasteiger partial charge in [-0.05, 0) is 51.5 Å². The highest BCUT2D eigenvalue weighted by atomic mass is 79.9. The zero-order valence-electron chi connectivity index (χ0n) is 13.0. The summed E-state index contributed by atoms with van der Waals surface area (Å²) < 4.78 is 6.72. The van der Waals surface area contributed by atoms with Crippen molar-refractivity contribution in [2.24, 2.45) is 0 Å². The molecule has 1 saturated heterocycles. The molecule has 1 amide bonds. The molecule has 0 saturated carbocycles. The topological polar surface area (TPSA) is 41.6 Å². The van der Waals surface area contributed by atoms with Crippen LogP contribution in [0.2, 0.25) is 0 Å². The molecule has 1 aliphatic rings. The summed E-state index contributed by atoms with van der Waals surface area (Å²) in [6.45, 7) is 9.28. The van der Waals surface area contributed by atoms with Crippen LogP contribution in [0.1, 0.15) is 26.3 Å². The summed E-state index contributed by atoms with van der Waals surface area (Å²) in [5.74, 6) is 0.124. The molecule has 2 rings (SSSR count). The summed E-state index contributed by atoms with van der Waals surface area (Å²) in [4.78, 5) is 14.5. The fourth-order valence-electron chi connectivity index (χ4n) is 2.72. The molecule has 0 unspecified atom stereocenters. The first-order chi connectivity index (χ1) is 9.86. The first-order valence-corrected chi connectivity index (χ1v) is 8.13. The molecular formula is C16H23BrN2O2. The number of hydrogen-bond donors (Lipinski definition) is 1. The molecule has 0 aliphatic carbocycles. The minimum absolute atomic E-state index is 0.0966. The number of benzene rings is 1. The third-order valence-corrected chi connectivity index (χ3v) is 4.16. The second kappa shape index (κ2) is 6.79. The maximum absolute atomic E-state index is 12.6. The molecule has 0 spiro atoms. The average Bonchev–Trinajstić information content (AvgIpc) is 2.40. The van der Waals surface area contributed by atoms with Gasteiger partial charge < -0.3 is 15.0 Å². The van der Waals surface area contributed by atoms with Gasteiger partial charge in [0, 0.05) is 23.2 Å². The molecule has 1 N–H and O–H groups in total. The second-order valence-corrected chi connectivity index (χ2v) is 6.74. The summed E-state index contributed by atoms with van der Waals surface area (Å²) in [6, 6.07) is 5.76. The molecule has 5 heteroatoms. The number of morpholine rings is 1. The van der Waals surface area contributed by atoms with Gasteiger partial charge in [-0.15, -0.1) is 0 Å². The van der Waals surface area contributed by atoms with E-state index < -0.39 is 0 Å². The fourth-order valence-corrected chi connectivity index (χ4v) is 3.19. The Morgan fingerprint density at radius 3 is 2.57 bits per heavy atom. The number of amides is 1. The van der Waals surface area contributed by atoms with Crippen molar-refractivity contribution in [3.63, 3.8) is 0 Å². The predicted molar refractivity (Wildman–Crippen MR) is 88.6 cm³/mol. The number of rotatable bonds is 3. The number of nitrogens with one attached hydrogen (secondary N) is 1. The van der Waals surface area contributed by atoms with Crippen LogP contribution in [0.4, 0.5) is 5.69 Å². The van der Waals surface area contributed by atoms with Crippen molar-refractivity contribution in [3.05, 3.63) is 28.2 Å². The van der Waals surface area contributed by atoms with Crippen molar-refractivity contribution >= 4 is 27.5 Å². The van der Waals surface area contributed by atoms with E-state index in [1.54, 1.807) is 0 Å². The molecule has 1 aromatic carbocycles. The quantitative estimate of drug-likeness (QED) is 0.906. The Bertz CT molecular complexity index is 511. The molecular weight excluding hydrogens is 332 g/mol. The third-order valence-electron chi connectivity index (χ3n) is 3.66. The number of carbonyl (C=O) groups is 1. The Balaban J connectivity index is 2.02. The summed E-state index contributed by atoms with van der Waals surface area (Å²) in [5, 5.41) is 3.31. The normalized spacial score (nSPS) is 23.8. The van der Waals surface area contributed by atoms with Crippen LogP contribution in [0.25, 0.3) is 0 Å². The van der Waals surface area contributed by atoms with E-state index in [1.807, 2.05) is 50.8 Å². The molecule has 0 bridgehead atoms. The van der Waals surface area contributed by atoms with E-state index in [-0.39, 0.29) is 24.2 Å². The molecule has 1 aliphatic heterocycles. The Kier molecular flexibility index (Phi) is 5.27. The second-order valence-electron chi connectivity index (χ2n) is 5.83. The van der Waals surface area contributed by atoms with Crippen LogP contribution in [-0.4, -0.2) is 42.1 Å². The van der Waals surface area contributed by atoms with Crippen molar-refractivity contribution in [1.82, 2.24) is 4.90 Å². The van der Waals surface area contributed by atoms with E-state index in [0.717, 1.165) is 15.7 Å². The van der Waals surface area contributed by atoms with Gasteiger partial charge >= 0.3 is 0 Å². The molecule has 0 radical (unpaired) electrons. The van der Waals surface area contributed by atoms with Gasteiger partial charge in [-0.1, -0.05) is 15.9 Å². The van der Waals surface area contributed by atoms with Gasteiger partial charge in [0.2, 0.25) is 5.91 Å². The number of halogens is 1. The number of ether oxygens (including phenoxy) is 1. The molecule has 1 fully saturated rings. The van der Waals surface area contributed by atoms with E-state index in [0.29, 0.717) is 13.1 Å². The van der Waals surface area contributed by atoms with Crippen LogP contribution in [0.3, 0.4) is 0 Å². The standard InChI is InChI=1S/C16H23BrN2O2/c1-10-7-14(17)5-6-15(10)18-13(4)16(20)19-8-11(2)21-12(3)9-19/h5-7,11-13,18H,8-9H2,1-4H3/t11-,12+,13-/m1/s1. The average molecular weight is 355 g/mol. The largest absolute Gasteiger partial charge is 0.374 e. The van der Waals surface area contributed by atoms with Gasteiger partial charge in [-0.2, -0.15) is 0 Å². The number of nitrogens with zero attached hydrogens (tertiary/aromatic N) is 1. The molecule has 3 atom stereocenters. The van der Waals surface area contributed by atoms with Crippen molar-refractivity contribution in [3.8, 4) is 0 Å². The van der Waals surface area contributed by atoms with Crippen LogP contribution < -0.4 is 5.32 Å². The molecule has 116 valence electrons. The lowest BCUT2D eigenvalue weighted by Gasteiger charge is -2.36. The Labute approximate surface area is 135 Å². The maximum Gasteiger partial charge on any atom is 0.244 e. The first-order valence-electron chi connectivity index (χ1n) is 7.33. The third kappa shape index (κ3) is 4.20. The van der Waals surface area contributed by atoms with E-state index >= 15 is 0 Å². The lowest BCUT2D eigenvalue weighted by molar-refractivity contribution is -0.143. The van der Waals surface area contributed by atoms with Gasteiger partial charge in [-0.25, -0.2) is 0 Å². The van der Waals surface area contributed by atoms with Gasteiger partial charge in [0.25, 0.3) is 0 Å². The van der Waals surface area contributed by atoms with Gasteiger partial charge in [0.05, 0.1) is 12.2 Å². The van der Waals surface area contributed by atoms with Gasteiger partial charge in [0.15, 0.2) is 0 Å². The molecule has 0 aromatic heterocycles. The minimum Gasteiger partial charge on any atom is -0.374 e. The number of hydrogen-bond acceptors (Lipinski definition) is 3. The van der Waals surface area contributed by atoms with Crippen molar-refractivity contribution < 1.29 is 9.53 Å². The Morgan fingerprint density at radius 2 is 2.00 bits per heavy atom. The van der Waals surface area contributed by atoms with Gasteiger partial charge in [-0.3, -0.25) is 4.79 Å². The summed E-state index contributed by atoms with van der Waals surface area (Å²) >= 11 is 3.45. The Morgan fingerprint density at radius 1 is 1.38 bits per heavy atom. The van der Waals surface area contributed by atoms with Crippen LogP contribution in [0, 0.1) is 6.92 Å². The van der Waals surface area contributed by atoms with E-state index in [9.17, 15) is 4.79 Å². The molecule has 1 heterocycles. The van der Waals surface area contributed by atoms with E-state index in [4.69, 9.17) is 4.74 Å². The molecule has 1 aromatic rings. The van der Waals surface area contributed by atoms with Crippen molar-refractivity contribution in [2.75, 3.05) is 18.4 Å². The smallest absolute Gasteiger partial charge is 0.244 e. The lowest BCUT2D eigenvalue weighted by Crippen LogP contribution is -2.52. The van der Waals surface area contributed by atoms with Crippen molar-refractivity contribution in [2.45, 2.75) is 45.9 Å². The highest BCUT2D eigenvalue weighted by Crippen LogP contribution is 2.21. The highest BCUT2D eigenvalue weighted by Gasteiger charge is 2.28. The summed E-state index contributed by atoms with van der Waals surface area (Å²) in [7, 11) is 0. The fraction of sp³-hybridized carbons (Fsp3) is 0.562. The first kappa shape index (κ1) is 16.3. The molecule has 4 nitrogen and oxygen atoms in total. The van der Waals surface area contributed by atoms with Crippen molar-refractivity contribution in [1.29, 1.82) is 0 Å².